The number of methoxy groups -OCH3 is 2. The van der Waals surface area contributed by atoms with Crippen LogP contribution in [0.4, 0.5) is 0 Å². The number of hydrogen-bond donors (Lipinski definition) is 3. The van der Waals surface area contributed by atoms with Gasteiger partial charge in [0.15, 0.2) is 18.4 Å². The van der Waals surface area contributed by atoms with Gasteiger partial charge in [0.25, 0.3) is 0 Å². The fourth-order valence-electron chi connectivity index (χ4n) is 9.50. The van der Waals surface area contributed by atoms with Gasteiger partial charge in [0.1, 0.15) is 42.9 Å². The molecule has 1 aromatic heterocycles. The number of likely N-dealkylation sites (N-methyl/N-ethyl adjacent to an activating group) is 1. The molecule has 3 N–H and O–H groups in total. The van der Waals surface area contributed by atoms with E-state index in [1.165, 1.54) is 20.3 Å². The minimum atomic E-state index is -1.32. The van der Waals surface area contributed by atoms with Crippen molar-refractivity contribution in [1.29, 1.82) is 0 Å². The Morgan fingerprint density at radius 2 is 1.61 bits per heavy atom. The number of cyclic esters (lactones) is 1. The van der Waals surface area contributed by atoms with Crippen molar-refractivity contribution >= 4 is 35.0 Å². The number of hydrogen-bond acceptors (Lipinski definition) is 16. The molecule has 16 heteroatoms. The number of esters is 1. The Hall–Kier alpha value is -3.78. The van der Waals surface area contributed by atoms with Crippen molar-refractivity contribution in [3.8, 4) is 0 Å². The average Bonchev–Trinajstić information content (AvgIpc) is 3.30. The molecule has 0 radical (unpaired) electrons. The van der Waals surface area contributed by atoms with E-state index in [1.807, 2.05) is 88.3 Å². The summed E-state index contributed by atoms with van der Waals surface area (Å²) in [5.41, 5.74) is 2.53. The van der Waals surface area contributed by atoms with Gasteiger partial charge in [-0.15, -0.1) is 0 Å². The monoisotopic (exact) mass is 939 g/mol. The third-order valence-corrected chi connectivity index (χ3v) is 13.4. The van der Waals surface area contributed by atoms with Crippen LogP contribution in [0.2, 0.25) is 0 Å². The number of fused-ring (bicyclic) bond motifs is 1. The summed E-state index contributed by atoms with van der Waals surface area (Å²) in [5, 5.41) is 35.5. The first-order valence-corrected chi connectivity index (χ1v) is 23.5. The van der Waals surface area contributed by atoms with Crippen molar-refractivity contribution in [2.24, 2.45) is 23.7 Å². The molecule has 0 saturated carbocycles. The number of nitrogens with zero attached hydrogens (tertiary/aromatic N) is 2. The maximum absolute atomic E-state index is 13.8. The molecular formula is C51H74N2O14. The number of carbonyl (C=O) groups is 3. The van der Waals surface area contributed by atoms with Crippen LogP contribution in [-0.2, 0) is 52.3 Å². The Balaban J connectivity index is 1.35. The molecule has 0 spiro atoms. The zero-order chi connectivity index (χ0) is 48.9. The molecule has 3 aliphatic heterocycles. The Labute approximate surface area is 395 Å². The zero-order valence-corrected chi connectivity index (χ0v) is 40.7. The summed E-state index contributed by atoms with van der Waals surface area (Å²) in [6.45, 7) is 11.0. The number of benzene rings is 1. The number of carbonyl (C=O) groups excluding carboxylic acids is 3. The van der Waals surface area contributed by atoms with E-state index in [1.54, 1.807) is 33.0 Å². The number of aliphatic hydroxyl groups excluding tert-OH is 3. The summed E-state index contributed by atoms with van der Waals surface area (Å²) >= 11 is 0. The molecule has 2 aromatic rings. The third-order valence-electron chi connectivity index (χ3n) is 13.4. The van der Waals surface area contributed by atoms with E-state index in [0.717, 1.165) is 22.8 Å². The maximum atomic E-state index is 13.8. The van der Waals surface area contributed by atoms with Crippen molar-refractivity contribution in [2.45, 2.75) is 147 Å². The van der Waals surface area contributed by atoms with Gasteiger partial charge in [0.05, 0.1) is 55.6 Å². The van der Waals surface area contributed by atoms with Crippen LogP contribution in [0.1, 0.15) is 72.8 Å². The lowest BCUT2D eigenvalue weighted by Crippen LogP contribution is -2.64. The second-order valence-corrected chi connectivity index (χ2v) is 18.5. The fourth-order valence-corrected chi connectivity index (χ4v) is 9.50. The fraction of sp³-hybridized carbons (Fsp3) is 0.647. The van der Waals surface area contributed by atoms with Crippen LogP contribution >= 0.6 is 0 Å². The molecule has 0 aliphatic carbocycles. The molecule has 2 fully saturated rings. The molecule has 372 valence electrons. The van der Waals surface area contributed by atoms with E-state index in [-0.39, 0.29) is 31.8 Å². The summed E-state index contributed by atoms with van der Waals surface area (Å²) < 4.78 is 49.0. The first-order chi connectivity index (χ1) is 32.0. The van der Waals surface area contributed by atoms with Gasteiger partial charge in [0, 0.05) is 50.0 Å². The molecule has 16 nitrogen and oxygen atoms in total. The average molecular weight is 939 g/mol. The largest absolute Gasteiger partial charge is 0.462 e. The van der Waals surface area contributed by atoms with Crippen LogP contribution in [0.3, 0.4) is 0 Å². The minimum Gasteiger partial charge on any atom is -0.462 e. The third kappa shape index (κ3) is 14.2. The summed E-state index contributed by atoms with van der Waals surface area (Å²) in [6, 6.07) is 9.33. The number of aliphatic hydroxyl groups is 3. The molecule has 4 heterocycles. The van der Waals surface area contributed by atoms with Gasteiger partial charge in [-0.3, -0.25) is 14.6 Å². The second kappa shape index (κ2) is 25.7. The molecule has 17 atom stereocenters. The summed E-state index contributed by atoms with van der Waals surface area (Å²) in [7, 11) is 6.61. The standard InChI is InChI=1S/C51H74N2O14/c1-11-41-37(28-63-51-49(61-10)48(60-9)44(58)32(5)64-51)23-29(2)18-19-39(55)30(3)24-36(20-21-54)46(31(4)40(56)26-42(57)66-41)67-50-45(59)43(53(7)8)47(33(6)65-50)62-22-14-15-34-25-35-16-12-13-17-38(35)52-27-34/h12-19,21,23,25,27,30-33,36-37,40-41,43-51,56,58-59H,11,20,22,24,26,28H2,1-10H3/b15-14+,19-18+,29-23+/t30-,31+,32-,33-,36+,37-,40-,41-,43-,44-,45-,46-,47-,48-,49-,50+,51-/m1/s1. The van der Waals surface area contributed by atoms with E-state index >= 15 is 0 Å². The smallest absolute Gasteiger partial charge is 0.308 e. The van der Waals surface area contributed by atoms with Gasteiger partial charge < -0.3 is 62.9 Å². The predicted octanol–water partition coefficient (Wildman–Crippen LogP) is 4.85. The van der Waals surface area contributed by atoms with Gasteiger partial charge in [0.2, 0.25) is 0 Å². The minimum absolute atomic E-state index is 0.00898. The number of rotatable bonds is 15. The number of allylic oxidation sites excluding steroid dienone is 3. The summed E-state index contributed by atoms with van der Waals surface area (Å²) in [4.78, 5) is 46.2. The predicted molar refractivity (Wildman–Crippen MR) is 250 cm³/mol. The van der Waals surface area contributed by atoms with E-state index < -0.39 is 116 Å². The van der Waals surface area contributed by atoms with Gasteiger partial charge >= 0.3 is 5.97 Å². The van der Waals surface area contributed by atoms with Crippen molar-refractivity contribution in [1.82, 2.24) is 9.88 Å². The van der Waals surface area contributed by atoms with Crippen molar-refractivity contribution in [3.63, 3.8) is 0 Å². The number of aromatic nitrogens is 1. The molecule has 0 unspecified atom stereocenters. The van der Waals surface area contributed by atoms with Crippen molar-refractivity contribution in [3.05, 3.63) is 72.0 Å². The van der Waals surface area contributed by atoms with Crippen molar-refractivity contribution < 1.29 is 67.6 Å². The molecule has 0 bridgehead atoms. The van der Waals surface area contributed by atoms with E-state index in [0.29, 0.717) is 12.0 Å². The number of aldehydes is 1. The van der Waals surface area contributed by atoms with Gasteiger partial charge in [-0.05, 0) is 77.4 Å². The lowest BCUT2D eigenvalue weighted by molar-refractivity contribution is -0.308. The quantitative estimate of drug-likeness (QED) is 0.162. The molecule has 3 aliphatic rings. The topological polar surface area (TPSA) is 202 Å². The van der Waals surface area contributed by atoms with Crippen molar-refractivity contribution in [2.75, 3.05) is 41.5 Å². The lowest BCUT2D eigenvalue weighted by atomic mass is 9.79. The number of ether oxygens (including phenoxy) is 8. The highest BCUT2D eigenvalue weighted by atomic mass is 16.7. The Morgan fingerprint density at radius 1 is 0.896 bits per heavy atom. The summed E-state index contributed by atoms with van der Waals surface area (Å²) in [5.74, 6) is -3.39. The molecule has 5 rings (SSSR count). The van der Waals surface area contributed by atoms with Crippen LogP contribution < -0.4 is 0 Å². The van der Waals surface area contributed by atoms with Gasteiger partial charge in [-0.1, -0.05) is 68.8 Å². The SMILES string of the molecule is CC[C@H]1OC(=O)C[C@@H](O)[C@H](C)[C@@H](O[C@@H]2O[C@H](C)[C@@H](OC/C=C/c3cnc4ccccc4c3)[C@H](N(C)C)[C@H]2O)[C@@H](CC=O)C[C@@H](C)C(=O)/C=C/C(C)=C/[C@@H]1CO[C@@H]1O[C@H](C)[C@@H](O)[C@@H](OC)[C@H]1OC. The van der Waals surface area contributed by atoms with Crippen LogP contribution in [0.5, 0.6) is 0 Å². The number of ketones is 1. The lowest BCUT2D eigenvalue weighted by Gasteiger charge is -2.48. The van der Waals surface area contributed by atoms with E-state index in [2.05, 4.69) is 4.98 Å². The van der Waals surface area contributed by atoms with Crippen LogP contribution in [-0.4, -0.2) is 164 Å². The highest BCUT2D eigenvalue weighted by molar-refractivity contribution is 5.91. The number of para-hydroxylation sites is 1. The molecular weight excluding hydrogens is 865 g/mol. The first kappa shape index (κ1) is 54.2. The van der Waals surface area contributed by atoms with Crippen LogP contribution in [0.25, 0.3) is 17.0 Å². The molecule has 0 amide bonds. The van der Waals surface area contributed by atoms with Crippen LogP contribution in [0.15, 0.2) is 66.4 Å². The first-order valence-electron chi connectivity index (χ1n) is 23.5. The Kier molecular flexibility index (Phi) is 20.8. The maximum Gasteiger partial charge on any atom is 0.308 e. The molecule has 67 heavy (non-hydrogen) atoms. The normalized spacial score (nSPS) is 37.6. The molecule has 2 saturated heterocycles. The van der Waals surface area contributed by atoms with E-state index in [4.69, 9.17) is 37.9 Å². The Morgan fingerprint density at radius 3 is 2.30 bits per heavy atom. The zero-order valence-electron chi connectivity index (χ0n) is 40.7. The molecule has 1 aromatic carbocycles. The second-order valence-electron chi connectivity index (χ2n) is 18.5. The number of pyridine rings is 1. The van der Waals surface area contributed by atoms with E-state index in [9.17, 15) is 29.7 Å². The van der Waals surface area contributed by atoms with Gasteiger partial charge in [-0.25, -0.2) is 0 Å². The summed E-state index contributed by atoms with van der Waals surface area (Å²) in [6.07, 6.45) is 0.928. The van der Waals surface area contributed by atoms with Gasteiger partial charge in [-0.2, -0.15) is 0 Å². The Bertz CT molecular complexity index is 1990. The highest BCUT2D eigenvalue weighted by Crippen LogP contribution is 2.35. The highest BCUT2D eigenvalue weighted by Gasteiger charge is 2.49. The van der Waals surface area contributed by atoms with Crippen LogP contribution in [0, 0.1) is 23.7 Å².